The number of nitrogens with one attached hydrogen (secondary N) is 2. The van der Waals surface area contributed by atoms with E-state index in [9.17, 15) is 4.79 Å². The third-order valence-corrected chi connectivity index (χ3v) is 5.64. The molecule has 2 heterocycles. The van der Waals surface area contributed by atoms with Gasteiger partial charge in [0.2, 0.25) is 5.91 Å². The Bertz CT molecular complexity index is 1110. The van der Waals surface area contributed by atoms with Crippen molar-refractivity contribution in [2.24, 2.45) is 0 Å². The molecule has 0 bridgehead atoms. The molecule has 4 rings (SSSR count). The molecule has 0 saturated carbocycles. The van der Waals surface area contributed by atoms with Crippen LogP contribution in [0.15, 0.2) is 73.4 Å². The van der Waals surface area contributed by atoms with E-state index in [-0.39, 0.29) is 17.9 Å². The Kier molecular flexibility index (Phi) is 5.57. The Hall–Kier alpha value is -3.54. The van der Waals surface area contributed by atoms with Gasteiger partial charge in [-0.15, -0.1) is 0 Å². The van der Waals surface area contributed by atoms with Crippen molar-refractivity contribution in [3.63, 3.8) is 0 Å². The number of amides is 1. The molecule has 0 unspecified atom stereocenters. The second-order valence-electron chi connectivity index (χ2n) is 7.76. The summed E-state index contributed by atoms with van der Waals surface area (Å²) in [5, 5.41) is 4.32. The van der Waals surface area contributed by atoms with Crippen LogP contribution in [0, 0.1) is 0 Å². The summed E-state index contributed by atoms with van der Waals surface area (Å²) in [6.07, 6.45) is 7.22. The molecule has 1 amide bonds. The van der Waals surface area contributed by atoms with Gasteiger partial charge in [0.05, 0.1) is 6.33 Å². The number of benzene rings is 2. The summed E-state index contributed by atoms with van der Waals surface area (Å²) in [7, 11) is 4.06. The van der Waals surface area contributed by atoms with Gasteiger partial charge < -0.3 is 19.8 Å². The van der Waals surface area contributed by atoms with Gasteiger partial charge in [0.1, 0.15) is 6.04 Å². The lowest BCUT2D eigenvalue weighted by Crippen LogP contribution is -2.34. The van der Waals surface area contributed by atoms with Gasteiger partial charge in [-0.3, -0.25) is 4.79 Å². The fraction of sp³-hybridized carbons (Fsp3) is 0.250. The van der Waals surface area contributed by atoms with Crippen LogP contribution in [0.4, 0.5) is 5.69 Å². The van der Waals surface area contributed by atoms with Crippen LogP contribution in [0.3, 0.4) is 0 Å². The van der Waals surface area contributed by atoms with Crippen LogP contribution in [0.25, 0.3) is 10.9 Å². The number of para-hydroxylation sites is 1. The first kappa shape index (κ1) is 19.8. The maximum atomic E-state index is 12.8. The molecule has 4 aromatic rings. The fourth-order valence-electron chi connectivity index (χ4n) is 3.78. The molecule has 0 aliphatic heterocycles. The van der Waals surface area contributed by atoms with E-state index in [1.54, 1.807) is 18.7 Å². The second-order valence-corrected chi connectivity index (χ2v) is 7.76. The molecule has 2 atom stereocenters. The van der Waals surface area contributed by atoms with Gasteiger partial charge >= 0.3 is 0 Å². The largest absolute Gasteiger partial charge is 0.378 e. The molecule has 0 saturated heterocycles. The van der Waals surface area contributed by atoms with Gasteiger partial charge in [0.15, 0.2) is 0 Å². The summed E-state index contributed by atoms with van der Waals surface area (Å²) >= 11 is 0. The van der Waals surface area contributed by atoms with Crippen LogP contribution < -0.4 is 10.2 Å². The van der Waals surface area contributed by atoms with Gasteiger partial charge in [-0.25, -0.2) is 4.98 Å². The van der Waals surface area contributed by atoms with E-state index >= 15 is 0 Å². The van der Waals surface area contributed by atoms with Crippen LogP contribution >= 0.6 is 0 Å². The molecule has 30 heavy (non-hydrogen) atoms. The number of aromatic nitrogens is 3. The van der Waals surface area contributed by atoms with Crippen molar-refractivity contribution in [2.75, 3.05) is 25.5 Å². The standard InChI is InChI=1S/C24H27N5O/c1-17(29-13-12-25-16-29)24(30)27-14-21(18-8-10-19(11-9-18)28(2)3)22-15-26-23-7-5-4-6-20(22)23/h4-13,15-17,21,26H,14H2,1-3H3,(H,27,30)/t17-,21-/m1/s1. The van der Waals surface area contributed by atoms with Crippen molar-refractivity contribution < 1.29 is 4.79 Å². The zero-order valence-electron chi connectivity index (χ0n) is 17.5. The number of carbonyl (C=O) groups excluding carboxylic acids is 1. The summed E-state index contributed by atoms with van der Waals surface area (Å²) in [4.78, 5) is 22.3. The van der Waals surface area contributed by atoms with Gasteiger partial charge in [0.25, 0.3) is 0 Å². The Morgan fingerprint density at radius 1 is 1.17 bits per heavy atom. The van der Waals surface area contributed by atoms with E-state index in [2.05, 4.69) is 62.8 Å². The zero-order valence-corrected chi connectivity index (χ0v) is 17.5. The number of hydrogen-bond donors (Lipinski definition) is 2. The lowest BCUT2D eigenvalue weighted by atomic mass is 9.90. The van der Waals surface area contributed by atoms with Crippen LogP contribution in [-0.2, 0) is 4.79 Å². The number of aromatic amines is 1. The number of hydrogen-bond acceptors (Lipinski definition) is 3. The molecular weight excluding hydrogens is 374 g/mol. The molecule has 154 valence electrons. The topological polar surface area (TPSA) is 66.0 Å². The average molecular weight is 402 g/mol. The number of carbonyl (C=O) groups is 1. The van der Waals surface area contributed by atoms with Crippen LogP contribution in [-0.4, -0.2) is 41.1 Å². The van der Waals surface area contributed by atoms with E-state index < -0.39 is 0 Å². The van der Waals surface area contributed by atoms with E-state index in [0.29, 0.717) is 6.54 Å². The van der Waals surface area contributed by atoms with Crippen molar-refractivity contribution in [2.45, 2.75) is 18.9 Å². The van der Waals surface area contributed by atoms with Crippen LogP contribution in [0.1, 0.15) is 30.0 Å². The normalized spacial score (nSPS) is 13.2. The highest BCUT2D eigenvalue weighted by molar-refractivity contribution is 5.84. The minimum absolute atomic E-state index is 0.0252. The molecule has 6 heteroatoms. The van der Waals surface area contributed by atoms with Crippen molar-refractivity contribution in [3.8, 4) is 0 Å². The van der Waals surface area contributed by atoms with Crippen LogP contribution in [0.5, 0.6) is 0 Å². The summed E-state index contributed by atoms with van der Waals surface area (Å²) in [6, 6.07) is 16.5. The second kappa shape index (κ2) is 8.45. The van der Waals surface area contributed by atoms with Gasteiger partial charge in [-0.2, -0.15) is 0 Å². The SMILES string of the molecule is C[C@H](C(=O)NC[C@H](c1ccc(N(C)C)cc1)c1c[nH]c2ccccc12)n1ccnc1. The molecule has 0 fully saturated rings. The fourth-order valence-corrected chi connectivity index (χ4v) is 3.78. The first-order valence-electron chi connectivity index (χ1n) is 10.1. The zero-order chi connectivity index (χ0) is 21.1. The Balaban J connectivity index is 1.62. The van der Waals surface area contributed by atoms with Crippen LogP contribution in [0.2, 0.25) is 0 Å². The van der Waals surface area contributed by atoms with Gasteiger partial charge in [-0.05, 0) is 36.2 Å². The van der Waals surface area contributed by atoms with E-state index in [1.807, 2.05) is 37.7 Å². The molecule has 0 spiro atoms. The Morgan fingerprint density at radius 2 is 1.93 bits per heavy atom. The summed E-state index contributed by atoms with van der Waals surface area (Å²) < 4.78 is 1.81. The maximum Gasteiger partial charge on any atom is 0.242 e. The molecule has 6 nitrogen and oxygen atoms in total. The Labute approximate surface area is 176 Å². The molecule has 0 aliphatic rings. The van der Waals surface area contributed by atoms with Crippen molar-refractivity contribution in [1.29, 1.82) is 0 Å². The van der Waals surface area contributed by atoms with E-state index in [0.717, 1.165) is 11.2 Å². The molecular formula is C24H27N5O. The lowest BCUT2D eigenvalue weighted by molar-refractivity contribution is -0.123. The number of H-pyrrole nitrogens is 1. The highest BCUT2D eigenvalue weighted by atomic mass is 16.2. The molecule has 0 radical (unpaired) electrons. The number of rotatable bonds is 7. The maximum absolute atomic E-state index is 12.8. The number of anilines is 1. The van der Waals surface area contributed by atoms with E-state index in [4.69, 9.17) is 0 Å². The molecule has 2 aromatic heterocycles. The minimum atomic E-state index is -0.313. The minimum Gasteiger partial charge on any atom is -0.378 e. The molecule has 0 aliphatic carbocycles. The van der Waals surface area contributed by atoms with Crippen molar-refractivity contribution in [3.05, 3.63) is 84.6 Å². The smallest absolute Gasteiger partial charge is 0.242 e. The quantitative estimate of drug-likeness (QED) is 0.493. The van der Waals surface area contributed by atoms with Crippen molar-refractivity contribution >= 4 is 22.5 Å². The average Bonchev–Trinajstić information content (AvgIpc) is 3.44. The predicted octanol–water partition coefficient (Wildman–Crippen LogP) is 3.94. The first-order chi connectivity index (χ1) is 14.5. The van der Waals surface area contributed by atoms with Gasteiger partial charge in [-0.1, -0.05) is 30.3 Å². The van der Waals surface area contributed by atoms with Crippen molar-refractivity contribution in [1.82, 2.24) is 19.9 Å². The summed E-state index contributed by atoms with van der Waals surface area (Å²) in [5.41, 5.74) is 4.59. The molecule has 2 aromatic carbocycles. The Morgan fingerprint density at radius 3 is 2.63 bits per heavy atom. The number of nitrogens with zero attached hydrogens (tertiary/aromatic N) is 3. The molecule has 2 N–H and O–H groups in total. The third-order valence-electron chi connectivity index (χ3n) is 5.64. The van der Waals surface area contributed by atoms with Gasteiger partial charge in [0, 0.05) is 61.7 Å². The summed E-state index contributed by atoms with van der Waals surface area (Å²) in [6.45, 7) is 2.39. The monoisotopic (exact) mass is 401 g/mol. The summed E-state index contributed by atoms with van der Waals surface area (Å²) in [5.74, 6) is 0.0130. The predicted molar refractivity (Wildman–Crippen MR) is 121 cm³/mol. The highest BCUT2D eigenvalue weighted by Crippen LogP contribution is 2.31. The number of fused-ring (bicyclic) bond motifs is 1. The highest BCUT2D eigenvalue weighted by Gasteiger charge is 2.21. The third kappa shape index (κ3) is 3.94. The number of imidazole rings is 1. The first-order valence-corrected chi connectivity index (χ1v) is 10.1. The lowest BCUT2D eigenvalue weighted by Gasteiger charge is -2.21. The van der Waals surface area contributed by atoms with E-state index in [1.165, 1.54) is 16.5 Å².